The zero-order valence-electron chi connectivity index (χ0n) is 17.2. The first-order valence-corrected chi connectivity index (χ1v) is 11.2. The Morgan fingerprint density at radius 3 is 1.33 bits per heavy atom. The summed E-state index contributed by atoms with van der Waals surface area (Å²) in [5.41, 5.74) is 0. The van der Waals surface area contributed by atoms with E-state index in [-0.39, 0.29) is 0 Å². The van der Waals surface area contributed by atoms with Crippen LogP contribution in [0.15, 0.2) is 37.2 Å². The van der Waals surface area contributed by atoms with Gasteiger partial charge in [-0.3, -0.25) is 9.97 Å². The van der Waals surface area contributed by atoms with Crippen LogP contribution in [0.2, 0.25) is 0 Å². The van der Waals surface area contributed by atoms with Crippen molar-refractivity contribution < 1.29 is 9.47 Å². The molecule has 0 saturated carbocycles. The molecule has 0 spiro atoms. The van der Waals surface area contributed by atoms with Gasteiger partial charge in [-0.25, -0.2) is 9.97 Å². The van der Waals surface area contributed by atoms with Crippen LogP contribution in [0.5, 0.6) is 11.8 Å². The summed E-state index contributed by atoms with van der Waals surface area (Å²) in [7, 11) is 0. The molecule has 4 saturated heterocycles. The van der Waals surface area contributed by atoms with Crippen LogP contribution in [0, 0.1) is 0 Å². The van der Waals surface area contributed by atoms with Gasteiger partial charge in [-0.15, -0.1) is 0 Å². The molecule has 6 rings (SSSR count). The molecule has 0 aromatic carbocycles. The van der Waals surface area contributed by atoms with E-state index < -0.39 is 0 Å². The van der Waals surface area contributed by atoms with Gasteiger partial charge in [0.25, 0.3) is 0 Å². The summed E-state index contributed by atoms with van der Waals surface area (Å²) >= 11 is 0. The van der Waals surface area contributed by atoms with E-state index in [0.717, 1.165) is 25.7 Å². The topological polar surface area (TPSA) is 94.1 Å². The molecule has 2 aromatic rings. The summed E-state index contributed by atoms with van der Waals surface area (Å²) in [5, 5.41) is 7.18. The van der Waals surface area contributed by atoms with Crippen molar-refractivity contribution in [3.8, 4) is 11.8 Å². The van der Waals surface area contributed by atoms with Crippen molar-refractivity contribution in [3.05, 3.63) is 37.2 Å². The fourth-order valence-corrected chi connectivity index (χ4v) is 5.24. The molecule has 30 heavy (non-hydrogen) atoms. The third kappa shape index (κ3) is 5.05. The van der Waals surface area contributed by atoms with Gasteiger partial charge in [-0.05, 0) is 51.4 Å². The predicted octanol–water partition coefficient (Wildman–Crippen LogP) is 2.28. The first-order chi connectivity index (χ1) is 14.8. The van der Waals surface area contributed by atoms with E-state index in [4.69, 9.17) is 9.47 Å². The molecule has 4 aliphatic heterocycles. The molecular weight excluding hydrogens is 380 g/mol. The van der Waals surface area contributed by atoms with Gasteiger partial charge >= 0.3 is 0 Å². The van der Waals surface area contributed by atoms with E-state index in [1.807, 2.05) is 0 Å². The van der Waals surface area contributed by atoms with E-state index >= 15 is 0 Å². The average Bonchev–Trinajstić information content (AvgIpc) is 3.30. The largest absolute Gasteiger partial charge is 0.473 e. The maximum absolute atomic E-state index is 5.82. The third-order valence-corrected chi connectivity index (χ3v) is 6.51. The summed E-state index contributed by atoms with van der Waals surface area (Å²) in [4.78, 5) is 16.3. The lowest BCUT2D eigenvalue weighted by Gasteiger charge is -2.28. The molecule has 0 amide bonds. The highest BCUT2D eigenvalue weighted by atomic mass is 16.5. The lowest BCUT2D eigenvalue weighted by Crippen LogP contribution is -2.42. The van der Waals surface area contributed by atoms with Crippen molar-refractivity contribution in [1.82, 2.24) is 30.6 Å². The van der Waals surface area contributed by atoms with Crippen LogP contribution >= 0.6 is 0 Å². The highest BCUT2D eigenvalue weighted by Gasteiger charge is 2.35. The molecule has 0 radical (unpaired) electrons. The SMILES string of the molecule is c1cnc(OC2CC3CCC(C2)N3)cn1.c1cnc(OC2CC3CCC(C2)N3)cn1. The van der Waals surface area contributed by atoms with Crippen molar-refractivity contribution in [2.45, 2.75) is 87.7 Å². The Kier molecular flexibility index (Phi) is 6.03. The molecule has 8 heteroatoms. The van der Waals surface area contributed by atoms with Gasteiger partial charge < -0.3 is 20.1 Å². The van der Waals surface area contributed by atoms with Crippen LogP contribution in [0.25, 0.3) is 0 Å². The zero-order valence-corrected chi connectivity index (χ0v) is 17.2. The third-order valence-electron chi connectivity index (χ3n) is 6.51. The second kappa shape index (κ2) is 9.22. The number of nitrogens with zero attached hydrogens (tertiary/aromatic N) is 4. The van der Waals surface area contributed by atoms with Crippen LogP contribution in [0.1, 0.15) is 51.4 Å². The van der Waals surface area contributed by atoms with E-state index in [2.05, 4.69) is 30.6 Å². The van der Waals surface area contributed by atoms with Crippen LogP contribution in [-0.2, 0) is 0 Å². The molecule has 4 unspecified atom stereocenters. The minimum atomic E-state index is 0.320. The smallest absolute Gasteiger partial charge is 0.232 e. The number of fused-ring (bicyclic) bond motifs is 4. The van der Waals surface area contributed by atoms with Crippen molar-refractivity contribution in [2.24, 2.45) is 0 Å². The van der Waals surface area contributed by atoms with Crippen molar-refractivity contribution in [2.75, 3.05) is 0 Å². The molecule has 6 heterocycles. The number of hydrogen-bond donors (Lipinski definition) is 2. The summed E-state index contributed by atoms with van der Waals surface area (Å²) in [6.45, 7) is 0. The Labute approximate surface area is 177 Å². The number of nitrogens with one attached hydrogen (secondary N) is 2. The number of rotatable bonds is 4. The van der Waals surface area contributed by atoms with Crippen molar-refractivity contribution in [3.63, 3.8) is 0 Å². The lowest BCUT2D eigenvalue weighted by molar-refractivity contribution is 0.131. The molecule has 8 nitrogen and oxygen atoms in total. The molecule has 2 N–H and O–H groups in total. The Morgan fingerprint density at radius 1 is 0.600 bits per heavy atom. The maximum atomic E-state index is 5.82. The number of piperidine rings is 2. The summed E-state index contributed by atoms with van der Waals surface area (Å²) in [5.74, 6) is 1.31. The molecule has 4 atom stereocenters. The van der Waals surface area contributed by atoms with Crippen molar-refractivity contribution >= 4 is 0 Å². The van der Waals surface area contributed by atoms with Gasteiger partial charge in [0.05, 0.1) is 12.4 Å². The number of ether oxygens (including phenoxy) is 2. The Bertz CT molecular complexity index is 703. The molecular formula is C22H30N6O2. The Hall–Kier alpha value is -2.32. The van der Waals surface area contributed by atoms with Gasteiger partial charge in [0.2, 0.25) is 11.8 Å². The maximum Gasteiger partial charge on any atom is 0.232 e. The minimum Gasteiger partial charge on any atom is -0.473 e. The van der Waals surface area contributed by atoms with Crippen molar-refractivity contribution in [1.29, 1.82) is 0 Å². The molecule has 160 valence electrons. The first kappa shape index (κ1) is 19.6. The highest BCUT2D eigenvalue weighted by Crippen LogP contribution is 2.29. The van der Waals surface area contributed by atoms with Gasteiger partial charge in [0.1, 0.15) is 12.2 Å². The lowest BCUT2D eigenvalue weighted by atomic mass is 10.0. The van der Waals surface area contributed by atoms with Gasteiger partial charge in [-0.2, -0.15) is 0 Å². The molecule has 0 aliphatic carbocycles. The first-order valence-electron chi connectivity index (χ1n) is 11.2. The second-order valence-electron chi connectivity index (χ2n) is 8.79. The van der Waals surface area contributed by atoms with E-state index in [1.165, 1.54) is 25.7 Å². The fourth-order valence-electron chi connectivity index (χ4n) is 5.24. The highest BCUT2D eigenvalue weighted by molar-refractivity contribution is 5.05. The van der Waals surface area contributed by atoms with Crippen LogP contribution in [0.4, 0.5) is 0 Å². The van der Waals surface area contributed by atoms with Gasteiger partial charge in [0.15, 0.2) is 0 Å². The van der Waals surface area contributed by atoms with E-state index in [1.54, 1.807) is 37.2 Å². The number of hydrogen-bond acceptors (Lipinski definition) is 8. The monoisotopic (exact) mass is 410 g/mol. The molecule has 4 bridgehead atoms. The summed E-state index contributed by atoms with van der Waals surface area (Å²) in [6.07, 6.45) is 20.3. The summed E-state index contributed by atoms with van der Waals surface area (Å²) < 4.78 is 11.6. The Balaban J connectivity index is 0.000000128. The van der Waals surface area contributed by atoms with Crippen LogP contribution < -0.4 is 20.1 Å². The molecule has 4 fully saturated rings. The van der Waals surface area contributed by atoms with Crippen LogP contribution in [-0.4, -0.2) is 56.3 Å². The summed E-state index contributed by atoms with van der Waals surface area (Å²) in [6, 6.07) is 2.63. The minimum absolute atomic E-state index is 0.320. The quantitative estimate of drug-likeness (QED) is 0.793. The Morgan fingerprint density at radius 2 is 1.00 bits per heavy atom. The second-order valence-corrected chi connectivity index (χ2v) is 8.79. The predicted molar refractivity (Wildman–Crippen MR) is 111 cm³/mol. The van der Waals surface area contributed by atoms with Crippen LogP contribution in [0.3, 0.4) is 0 Å². The zero-order chi connectivity index (χ0) is 20.2. The molecule has 4 aliphatic rings. The van der Waals surface area contributed by atoms with Gasteiger partial charge in [-0.1, -0.05) is 0 Å². The normalized spacial score (nSPS) is 34.0. The standard InChI is InChI=1S/2C11H15N3O/c2*1-2-9-6-10(5-8(1)14-9)15-11-7-12-3-4-13-11/h2*3-4,7-10,14H,1-2,5-6H2. The van der Waals surface area contributed by atoms with E-state index in [0.29, 0.717) is 48.1 Å². The fraction of sp³-hybridized carbons (Fsp3) is 0.636. The molecule has 2 aromatic heterocycles. The average molecular weight is 411 g/mol. The number of aromatic nitrogens is 4. The van der Waals surface area contributed by atoms with E-state index in [9.17, 15) is 0 Å². The van der Waals surface area contributed by atoms with Gasteiger partial charge in [0, 0.05) is 49.0 Å².